The predicted molar refractivity (Wildman–Crippen MR) is 128 cm³/mol. The van der Waals surface area contributed by atoms with Crippen molar-refractivity contribution in [2.45, 2.75) is 26.3 Å². The van der Waals surface area contributed by atoms with Crippen molar-refractivity contribution in [3.05, 3.63) is 96.0 Å². The van der Waals surface area contributed by atoms with Crippen molar-refractivity contribution in [3.63, 3.8) is 0 Å². The number of hydrogen-bond donors (Lipinski definition) is 1. The molecule has 0 saturated carbocycles. The molecule has 7 heteroatoms. The Morgan fingerprint density at radius 3 is 2.55 bits per heavy atom. The largest absolute Gasteiger partial charge is 0.330 e. The normalized spacial score (nSPS) is 11.4. The summed E-state index contributed by atoms with van der Waals surface area (Å²) < 4.78 is 17.1. The average molecular weight is 444 g/mol. The summed E-state index contributed by atoms with van der Waals surface area (Å²) in [7, 11) is 1.81. The van der Waals surface area contributed by atoms with Crippen LogP contribution in [0.15, 0.2) is 73.2 Å². The van der Waals surface area contributed by atoms with Crippen molar-refractivity contribution in [3.8, 4) is 11.3 Å². The van der Waals surface area contributed by atoms with Gasteiger partial charge in [-0.15, -0.1) is 0 Å². The van der Waals surface area contributed by atoms with Crippen LogP contribution in [0, 0.1) is 5.82 Å². The van der Waals surface area contributed by atoms with Gasteiger partial charge in [0.15, 0.2) is 0 Å². The van der Waals surface area contributed by atoms with Crippen LogP contribution in [0.3, 0.4) is 0 Å². The molecule has 4 aromatic rings. The highest BCUT2D eigenvalue weighted by Crippen LogP contribution is 2.24. The molecule has 0 fully saturated rings. The summed E-state index contributed by atoms with van der Waals surface area (Å²) in [4.78, 5) is 16.9. The van der Waals surface area contributed by atoms with E-state index in [0.29, 0.717) is 11.6 Å². The average Bonchev–Trinajstić information content (AvgIpc) is 3.41. The van der Waals surface area contributed by atoms with Gasteiger partial charge in [0.05, 0.1) is 11.9 Å². The van der Waals surface area contributed by atoms with Crippen LogP contribution in [0.4, 0.5) is 10.1 Å². The van der Waals surface area contributed by atoms with E-state index >= 15 is 0 Å². The van der Waals surface area contributed by atoms with Gasteiger partial charge in [-0.2, -0.15) is 5.10 Å². The van der Waals surface area contributed by atoms with E-state index in [9.17, 15) is 9.18 Å². The zero-order valence-corrected chi connectivity index (χ0v) is 18.9. The molecule has 0 unspecified atom stereocenters. The van der Waals surface area contributed by atoms with Crippen LogP contribution in [-0.4, -0.2) is 25.2 Å². The van der Waals surface area contributed by atoms with Crippen molar-refractivity contribution in [1.29, 1.82) is 0 Å². The number of carbonyl (C=O) groups is 1. The number of rotatable bonds is 7. The van der Waals surface area contributed by atoms with Gasteiger partial charge in [0.2, 0.25) is 5.91 Å². The first-order chi connectivity index (χ1) is 15.9. The summed E-state index contributed by atoms with van der Waals surface area (Å²) in [5.41, 5.74) is 4.25. The molecule has 0 aliphatic heterocycles. The fraction of sp³-hybridized carbons (Fsp3) is 0.192. The number of aryl methyl sites for hydroxylation is 1. The van der Waals surface area contributed by atoms with Gasteiger partial charge in [-0.05, 0) is 48.0 Å². The molecule has 0 atom stereocenters. The SMILES string of the molecule is CC(C)c1nccn1Cc1ccc(NC(=O)/C=C/c2cnn(C)c2-c2ccc(F)cc2)cc1. The number of amides is 1. The van der Waals surface area contributed by atoms with Crippen LogP contribution in [0.25, 0.3) is 17.3 Å². The summed E-state index contributed by atoms with van der Waals surface area (Å²) in [5, 5.41) is 7.15. The monoisotopic (exact) mass is 443 g/mol. The third-order valence-electron chi connectivity index (χ3n) is 5.34. The van der Waals surface area contributed by atoms with E-state index in [4.69, 9.17) is 0 Å². The zero-order chi connectivity index (χ0) is 23.4. The van der Waals surface area contributed by atoms with Gasteiger partial charge >= 0.3 is 0 Å². The molecule has 6 nitrogen and oxygen atoms in total. The van der Waals surface area contributed by atoms with Crippen molar-refractivity contribution in [1.82, 2.24) is 19.3 Å². The van der Waals surface area contributed by atoms with E-state index in [2.05, 4.69) is 33.8 Å². The third kappa shape index (κ3) is 5.26. The number of imidazole rings is 1. The Kier molecular flexibility index (Phi) is 6.49. The van der Waals surface area contributed by atoms with Crippen molar-refractivity contribution >= 4 is 17.7 Å². The van der Waals surface area contributed by atoms with E-state index in [1.807, 2.05) is 43.7 Å². The lowest BCUT2D eigenvalue weighted by Crippen LogP contribution is -2.08. The minimum atomic E-state index is -0.297. The maximum atomic E-state index is 13.3. The Bertz CT molecular complexity index is 1270. The number of nitrogens with zero attached hydrogens (tertiary/aromatic N) is 4. The second-order valence-corrected chi connectivity index (χ2v) is 8.17. The van der Waals surface area contributed by atoms with Gasteiger partial charge < -0.3 is 9.88 Å². The van der Waals surface area contributed by atoms with Gasteiger partial charge in [0, 0.05) is 54.8 Å². The topological polar surface area (TPSA) is 64.7 Å². The Labute approximate surface area is 192 Å². The molecule has 1 amide bonds. The second-order valence-electron chi connectivity index (χ2n) is 8.17. The number of benzene rings is 2. The summed E-state index contributed by atoms with van der Waals surface area (Å²) in [6.45, 7) is 4.98. The number of nitrogens with one attached hydrogen (secondary N) is 1. The molecule has 0 spiro atoms. The lowest BCUT2D eigenvalue weighted by molar-refractivity contribution is -0.111. The summed E-state index contributed by atoms with van der Waals surface area (Å²) >= 11 is 0. The molecule has 1 N–H and O–H groups in total. The molecular formula is C26H26FN5O. The van der Waals surface area contributed by atoms with Gasteiger partial charge in [-0.25, -0.2) is 9.37 Å². The number of halogens is 1. The molecule has 2 heterocycles. The molecule has 33 heavy (non-hydrogen) atoms. The lowest BCUT2D eigenvalue weighted by atomic mass is 10.1. The highest BCUT2D eigenvalue weighted by molar-refractivity contribution is 6.02. The van der Waals surface area contributed by atoms with E-state index < -0.39 is 0 Å². The Hall–Kier alpha value is -4.00. The molecule has 0 bridgehead atoms. The lowest BCUT2D eigenvalue weighted by Gasteiger charge is -2.11. The van der Waals surface area contributed by atoms with Crippen LogP contribution in [0.1, 0.15) is 36.7 Å². The van der Waals surface area contributed by atoms with Crippen LogP contribution in [0.5, 0.6) is 0 Å². The second kappa shape index (κ2) is 9.65. The summed E-state index contributed by atoms with van der Waals surface area (Å²) in [6, 6.07) is 14.0. The maximum absolute atomic E-state index is 13.3. The molecular weight excluding hydrogens is 417 g/mol. The van der Waals surface area contributed by atoms with Crippen LogP contribution < -0.4 is 5.32 Å². The minimum absolute atomic E-state index is 0.242. The first kappa shape index (κ1) is 22.2. The fourth-order valence-electron chi connectivity index (χ4n) is 3.73. The minimum Gasteiger partial charge on any atom is -0.330 e. The Morgan fingerprint density at radius 1 is 1.12 bits per heavy atom. The summed E-state index contributed by atoms with van der Waals surface area (Å²) in [6.07, 6.45) is 8.66. The number of anilines is 1. The summed E-state index contributed by atoms with van der Waals surface area (Å²) in [5.74, 6) is 0.865. The molecule has 0 radical (unpaired) electrons. The van der Waals surface area contributed by atoms with Gasteiger partial charge in [0.1, 0.15) is 11.6 Å². The van der Waals surface area contributed by atoms with Crippen LogP contribution in [-0.2, 0) is 18.4 Å². The quantitative estimate of drug-likeness (QED) is 0.397. The fourth-order valence-corrected chi connectivity index (χ4v) is 3.73. The van der Waals surface area contributed by atoms with Crippen LogP contribution >= 0.6 is 0 Å². The standard InChI is InChI=1S/C26H26FN5O/c1-18(2)26-28-14-15-32(26)17-19-4-11-23(12-5-19)30-24(33)13-8-21-16-29-31(3)25(21)20-6-9-22(27)10-7-20/h4-16,18H,17H2,1-3H3,(H,30,33)/b13-8+. The highest BCUT2D eigenvalue weighted by atomic mass is 19.1. The smallest absolute Gasteiger partial charge is 0.248 e. The van der Waals surface area contributed by atoms with E-state index in [1.165, 1.54) is 18.2 Å². The molecule has 4 rings (SSSR count). The van der Waals surface area contributed by atoms with E-state index in [1.54, 1.807) is 29.1 Å². The van der Waals surface area contributed by atoms with Crippen molar-refractivity contribution < 1.29 is 9.18 Å². The maximum Gasteiger partial charge on any atom is 0.248 e. The molecule has 2 aromatic heterocycles. The molecule has 168 valence electrons. The Morgan fingerprint density at radius 2 is 1.85 bits per heavy atom. The molecule has 0 aliphatic carbocycles. The van der Waals surface area contributed by atoms with Gasteiger partial charge in [-0.3, -0.25) is 9.48 Å². The Balaban J connectivity index is 1.41. The molecule has 0 aliphatic rings. The molecule has 2 aromatic carbocycles. The highest BCUT2D eigenvalue weighted by Gasteiger charge is 2.10. The zero-order valence-electron chi connectivity index (χ0n) is 18.9. The van der Waals surface area contributed by atoms with Crippen LogP contribution in [0.2, 0.25) is 0 Å². The molecule has 0 saturated heterocycles. The third-order valence-corrected chi connectivity index (χ3v) is 5.34. The predicted octanol–water partition coefficient (Wildman–Crippen LogP) is 5.25. The van der Waals surface area contributed by atoms with Crippen molar-refractivity contribution in [2.24, 2.45) is 7.05 Å². The van der Waals surface area contributed by atoms with Gasteiger partial charge in [0.25, 0.3) is 0 Å². The number of carbonyl (C=O) groups excluding carboxylic acids is 1. The number of hydrogen-bond acceptors (Lipinski definition) is 3. The van der Waals surface area contributed by atoms with Crippen molar-refractivity contribution in [2.75, 3.05) is 5.32 Å². The van der Waals surface area contributed by atoms with Gasteiger partial charge in [-0.1, -0.05) is 26.0 Å². The first-order valence-corrected chi connectivity index (χ1v) is 10.8. The number of aromatic nitrogens is 4. The van der Waals surface area contributed by atoms with E-state index in [0.717, 1.165) is 34.8 Å². The van der Waals surface area contributed by atoms with E-state index in [-0.39, 0.29) is 11.7 Å². The first-order valence-electron chi connectivity index (χ1n) is 10.8.